The zero-order valence-electron chi connectivity index (χ0n) is 9.88. The molecule has 0 heterocycles. The first kappa shape index (κ1) is 12.2. The van der Waals surface area contributed by atoms with Gasteiger partial charge in [-0.15, -0.1) is 0 Å². The van der Waals surface area contributed by atoms with E-state index in [1.165, 1.54) is 12.5 Å². The summed E-state index contributed by atoms with van der Waals surface area (Å²) in [7, 11) is 0. The van der Waals surface area contributed by atoms with E-state index < -0.39 is 0 Å². The van der Waals surface area contributed by atoms with Gasteiger partial charge in [0.15, 0.2) is 0 Å². The van der Waals surface area contributed by atoms with E-state index >= 15 is 0 Å². The van der Waals surface area contributed by atoms with Crippen LogP contribution in [0, 0.1) is 11.8 Å². The molecular formula is C13H20O2. The van der Waals surface area contributed by atoms with Crippen LogP contribution in [0.2, 0.25) is 0 Å². The maximum atomic E-state index is 11.8. The largest absolute Gasteiger partial charge is 0.290 e. The molecular weight excluding hydrogens is 188 g/mol. The van der Waals surface area contributed by atoms with Crippen molar-refractivity contribution in [3.63, 3.8) is 0 Å². The van der Waals surface area contributed by atoms with Gasteiger partial charge in [0.25, 0.3) is 0 Å². The molecule has 0 aromatic rings. The molecule has 2 heteroatoms. The average molecular weight is 208 g/mol. The fraction of sp³-hybridized carbons (Fsp3) is 0.692. The van der Waals surface area contributed by atoms with E-state index in [1.54, 1.807) is 0 Å². The van der Waals surface area contributed by atoms with E-state index in [0.29, 0.717) is 5.92 Å². The number of ketones is 2. The van der Waals surface area contributed by atoms with Crippen molar-refractivity contribution in [2.45, 2.75) is 46.5 Å². The van der Waals surface area contributed by atoms with Gasteiger partial charge in [-0.3, -0.25) is 9.59 Å². The standard InChI is InChI=1S/C13H20O2/c1-9(2)8-12(14)13(15)11-7-5-4-6-10(11)3/h8,10-11H,4-7H2,1-3H3. The van der Waals surface area contributed by atoms with Crippen molar-refractivity contribution in [1.82, 2.24) is 0 Å². The molecule has 1 aliphatic carbocycles. The number of hydrogen-bond donors (Lipinski definition) is 0. The quantitative estimate of drug-likeness (QED) is 0.528. The van der Waals surface area contributed by atoms with E-state index in [2.05, 4.69) is 6.92 Å². The topological polar surface area (TPSA) is 34.1 Å². The number of allylic oxidation sites excluding steroid dienone is 2. The molecule has 2 atom stereocenters. The Balaban J connectivity index is 2.66. The highest BCUT2D eigenvalue weighted by Crippen LogP contribution is 2.30. The summed E-state index contributed by atoms with van der Waals surface area (Å²) in [5.41, 5.74) is 0.900. The minimum atomic E-state index is -0.311. The molecule has 1 fully saturated rings. The second-order valence-corrected chi connectivity index (χ2v) is 4.82. The Morgan fingerprint density at radius 1 is 1.13 bits per heavy atom. The van der Waals surface area contributed by atoms with Crippen molar-refractivity contribution in [2.75, 3.05) is 0 Å². The zero-order valence-corrected chi connectivity index (χ0v) is 9.88. The fourth-order valence-electron chi connectivity index (χ4n) is 2.22. The fourth-order valence-corrected chi connectivity index (χ4v) is 2.22. The number of hydrogen-bond acceptors (Lipinski definition) is 2. The second kappa shape index (κ2) is 5.24. The highest BCUT2D eigenvalue weighted by atomic mass is 16.2. The van der Waals surface area contributed by atoms with Crippen LogP contribution in [0.4, 0.5) is 0 Å². The monoisotopic (exact) mass is 208 g/mol. The number of rotatable bonds is 3. The maximum absolute atomic E-state index is 11.8. The molecule has 0 amide bonds. The van der Waals surface area contributed by atoms with E-state index in [0.717, 1.165) is 24.8 Å². The van der Waals surface area contributed by atoms with E-state index in [9.17, 15) is 9.59 Å². The van der Waals surface area contributed by atoms with Gasteiger partial charge in [-0.05, 0) is 32.3 Å². The van der Waals surface area contributed by atoms with Gasteiger partial charge in [-0.25, -0.2) is 0 Å². The molecule has 15 heavy (non-hydrogen) atoms. The Bertz CT molecular complexity index is 285. The van der Waals surface area contributed by atoms with E-state index in [1.807, 2.05) is 13.8 Å². The van der Waals surface area contributed by atoms with Crippen molar-refractivity contribution >= 4 is 11.6 Å². The second-order valence-electron chi connectivity index (χ2n) is 4.82. The normalized spacial score (nSPS) is 25.8. The average Bonchev–Trinajstić information content (AvgIpc) is 2.16. The van der Waals surface area contributed by atoms with Gasteiger partial charge in [0.05, 0.1) is 0 Å². The number of carbonyl (C=O) groups excluding carboxylic acids is 2. The highest BCUT2D eigenvalue weighted by molar-refractivity contribution is 6.42. The minimum absolute atomic E-state index is 0.0261. The summed E-state index contributed by atoms with van der Waals surface area (Å²) >= 11 is 0. The SMILES string of the molecule is CC(C)=CC(=O)C(=O)C1CCCCC1C. The van der Waals surface area contributed by atoms with Crippen molar-refractivity contribution < 1.29 is 9.59 Å². The van der Waals surface area contributed by atoms with Crippen molar-refractivity contribution in [2.24, 2.45) is 11.8 Å². The van der Waals surface area contributed by atoms with Crippen molar-refractivity contribution in [3.8, 4) is 0 Å². The molecule has 1 rings (SSSR count). The van der Waals surface area contributed by atoms with Crippen LogP contribution in [0.5, 0.6) is 0 Å². The van der Waals surface area contributed by atoms with Gasteiger partial charge < -0.3 is 0 Å². The van der Waals surface area contributed by atoms with E-state index in [-0.39, 0.29) is 17.5 Å². The minimum Gasteiger partial charge on any atom is -0.290 e. The van der Waals surface area contributed by atoms with Gasteiger partial charge >= 0.3 is 0 Å². The Hall–Kier alpha value is -0.920. The Morgan fingerprint density at radius 3 is 2.27 bits per heavy atom. The molecule has 0 aliphatic heterocycles. The first-order chi connectivity index (χ1) is 7.02. The molecule has 0 bridgehead atoms. The summed E-state index contributed by atoms with van der Waals surface area (Å²) in [4.78, 5) is 23.4. The van der Waals surface area contributed by atoms with Gasteiger partial charge in [0, 0.05) is 5.92 Å². The molecule has 0 saturated heterocycles. The number of Topliss-reactive ketones (excluding diaryl/α,β-unsaturated/α-hetero) is 1. The van der Waals surface area contributed by atoms with Crippen LogP contribution in [-0.2, 0) is 9.59 Å². The van der Waals surface area contributed by atoms with Crippen LogP contribution in [0.25, 0.3) is 0 Å². The maximum Gasteiger partial charge on any atom is 0.221 e. The summed E-state index contributed by atoms with van der Waals surface area (Å²) in [6.07, 6.45) is 5.72. The molecule has 0 radical (unpaired) electrons. The molecule has 1 aliphatic rings. The molecule has 2 unspecified atom stereocenters. The van der Waals surface area contributed by atoms with Crippen LogP contribution in [0.1, 0.15) is 46.5 Å². The number of carbonyl (C=O) groups is 2. The smallest absolute Gasteiger partial charge is 0.221 e. The van der Waals surface area contributed by atoms with Gasteiger partial charge in [-0.2, -0.15) is 0 Å². The molecule has 1 saturated carbocycles. The lowest BCUT2D eigenvalue weighted by Crippen LogP contribution is -2.30. The van der Waals surface area contributed by atoms with Gasteiger partial charge in [-0.1, -0.05) is 31.8 Å². The van der Waals surface area contributed by atoms with Crippen molar-refractivity contribution in [1.29, 1.82) is 0 Å². The Morgan fingerprint density at radius 2 is 1.73 bits per heavy atom. The summed E-state index contributed by atoms with van der Waals surface area (Å²) < 4.78 is 0. The lowest BCUT2D eigenvalue weighted by Gasteiger charge is -2.26. The van der Waals surface area contributed by atoms with E-state index in [4.69, 9.17) is 0 Å². The third-order valence-electron chi connectivity index (χ3n) is 3.11. The summed E-state index contributed by atoms with van der Waals surface area (Å²) in [6, 6.07) is 0. The molecule has 0 spiro atoms. The summed E-state index contributed by atoms with van der Waals surface area (Å²) in [6.45, 7) is 5.77. The lowest BCUT2D eigenvalue weighted by molar-refractivity contribution is -0.138. The lowest BCUT2D eigenvalue weighted by atomic mass is 9.77. The zero-order chi connectivity index (χ0) is 11.4. The third-order valence-corrected chi connectivity index (χ3v) is 3.11. The Kier molecular flexibility index (Phi) is 4.25. The van der Waals surface area contributed by atoms with Crippen LogP contribution >= 0.6 is 0 Å². The predicted molar refractivity (Wildman–Crippen MR) is 60.6 cm³/mol. The highest BCUT2D eigenvalue weighted by Gasteiger charge is 2.30. The third kappa shape index (κ3) is 3.29. The summed E-state index contributed by atoms with van der Waals surface area (Å²) in [5, 5.41) is 0. The summed E-state index contributed by atoms with van der Waals surface area (Å²) in [5.74, 6) is -0.139. The van der Waals surface area contributed by atoms with Crippen LogP contribution in [0.15, 0.2) is 11.6 Å². The molecule has 0 N–H and O–H groups in total. The Labute approximate surface area is 91.7 Å². The van der Waals surface area contributed by atoms with Crippen LogP contribution in [-0.4, -0.2) is 11.6 Å². The van der Waals surface area contributed by atoms with Crippen LogP contribution < -0.4 is 0 Å². The molecule has 2 nitrogen and oxygen atoms in total. The van der Waals surface area contributed by atoms with Crippen LogP contribution in [0.3, 0.4) is 0 Å². The first-order valence-corrected chi connectivity index (χ1v) is 5.75. The predicted octanol–water partition coefficient (Wildman–Crippen LogP) is 2.92. The first-order valence-electron chi connectivity index (χ1n) is 5.75. The van der Waals surface area contributed by atoms with Gasteiger partial charge in [0.1, 0.15) is 0 Å². The molecule has 0 aromatic carbocycles. The molecule has 0 aromatic heterocycles. The van der Waals surface area contributed by atoms with Crippen molar-refractivity contribution in [3.05, 3.63) is 11.6 Å². The molecule has 84 valence electrons. The van der Waals surface area contributed by atoms with Gasteiger partial charge in [0.2, 0.25) is 11.6 Å².